The van der Waals surface area contributed by atoms with Crippen molar-refractivity contribution < 1.29 is 9.53 Å². The Labute approximate surface area is 111 Å². The topological polar surface area (TPSA) is 52.3 Å². The van der Waals surface area contributed by atoms with E-state index in [9.17, 15) is 4.79 Å². The molecule has 0 saturated heterocycles. The number of hydrogen-bond acceptors (Lipinski definition) is 4. The zero-order chi connectivity index (χ0) is 13.1. The second-order valence-corrected chi connectivity index (χ2v) is 5.80. The van der Waals surface area contributed by atoms with Crippen molar-refractivity contribution in [3.05, 3.63) is 23.2 Å². The summed E-state index contributed by atoms with van der Waals surface area (Å²) in [6.07, 6.45) is 0. The first kappa shape index (κ1) is 14.2. The third-order valence-electron chi connectivity index (χ3n) is 2.31. The molecule has 1 rings (SSSR count). The maximum absolute atomic E-state index is 11.5. The molecule has 0 spiro atoms. The maximum atomic E-state index is 11.5. The summed E-state index contributed by atoms with van der Waals surface area (Å²) in [5.74, 6) is 0.409. The minimum atomic E-state index is -0.521. The first-order valence-electron chi connectivity index (χ1n) is 5.13. The van der Waals surface area contributed by atoms with Crippen LogP contribution in [0, 0.1) is 5.41 Å². The van der Waals surface area contributed by atoms with Crippen molar-refractivity contribution in [2.45, 2.75) is 18.7 Å². The zero-order valence-electron chi connectivity index (χ0n) is 10.1. The summed E-state index contributed by atoms with van der Waals surface area (Å²) in [4.78, 5) is 12.5. The van der Waals surface area contributed by atoms with Gasteiger partial charge in [-0.1, -0.05) is 11.6 Å². The monoisotopic (exact) mass is 273 g/mol. The SMILES string of the molecule is COC(=O)C(C)(C)CSc1ccc(N)c(Cl)c1. The number of esters is 1. The van der Waals surface area contributed by atoms with Crippen LogP contribution in [-0.4, -0.2) is 18.8 Å². The highest BCUT2D eigenvalue weighted by Crippen LogP contribution is 2.31. The molecule has 0 fully saturated rings. The molecule has 0 atom stereocenters. The van der Waals surface area contributed by atoms with Crippen LogP contribution in [0.2, 0.25) is 5.02 Å². The highest BCUT2D eigenvalue weighted by molar-refractivity contribution is 7.99. The molecule has 17 heavy (non-hydrogen) atoms. The van der Waals surface area contributed by atoms with E-state index in [2.05, 4.69) is 0 Å². The highest BCUT2D eigenvalue weighted by atomic mass is 35.5. The molecule has 94 valence electrons. The Morgan fingerprint density at radius 2 is 2.18 bits per heavy atom. The number of rotatable bonds is 4. The van der Waals surface area contributed by atoms with Gasteiger partial charge in [-0.2, -0.15) is 0 Å². The van der Waals surface area contributed by atoms with E-state index < -0.39 is 5.41 Å². The number of ether oxygens (including phenoxy) is 1. The van der Waals surface area contributed by atoms with Gasteiger partial charge in [0.2, 0.25) is 0 Å². The maximum Gasteiger partial charge on any atom is 0.312 e. The van der Waals surface area contributed by atoms with Gasteiger partial charge in [0.25, 0.3) is 0 Å². The number of anilines is 1. The molecule has 0 radical (unpaired) electrons. The van der Waals surface area contributed by atoms with E-state index in [1.807, 2.05) is 19.9 Å². The Balaban J connectivity index is 2.67. The Kier molecular flexibility index (Phi) is 4.71. The van der Waals surface area contributed by atoms with E-state index >= 15 is 0 Å². The van der Waals surface area contributed by atoms with Crippen LogP contribution in [0.1, 0.15) is 13.8 Å². The van der Waals surface area contributed by atoms with Crippen molar-refractivity contribution in [1.82, 2.24) is 0 Å². The molecule has 0 unspecified atom stereocenters. The van der Waals surface area contributed by atoms with Crippen LogP contribution in [0.15, 0.2) is 23.1 Å². The molecule has 0 amide bonds. The Morgan fingerprint density at radius 3 is 2.71 bits per heavy atom. The predicted octanol–water partition coefficient (Wildman–Crippen LogP) is 3.21. The molecule has 0 aromatic heterocycles. The largest absolute Gasteiger partial charge is 0.469 e. The average molecular weight is 274 g/mol. The first-order valence-corrected chi connectivity index (χ1v) is 6.49. The van der Waals surface area contributed by atoms with Crippen LogP contribution in [-0.2, 0) is 9.53 Å². The Morgan fingerprint density at radius 1 is 1.53 bits per heavy atom. The molecule has 5 heteroatoms. The second-order valence-electron chi connectivity index (χ2n) is 4.35. The lowest BCUT2D eigenvalue weighted by Gasteiger charge is -2.20. The van der Waals surface area contributed by atoms with Gasteiger partial charge in [0, 0.05) is 10.6 Å². The van der Waals surface area contributed by atoms with E-state index in [0.717, 1.165) is 4.90 Å². The summed E-state index contributed by atoms with van der Waals surface area (Å²) in [7, 11) is 1.40. The van der Waals surface area contributed by atoms with Crippen LogP contribution >= 0.6 is 23.4 Å². The second kappa shape index (κ2) is 5.65. The van der Waals surface area contributed by atoms with E-state index in [4.69, 9.17) is 22.1 Å². The molecule has 0 aliphatic carbocycles. The molecule has 0 bridgehead atoms. The third kappa shape index (κ3) is 3.82. The van der Waals surface area contributed by atoms with Crippen molar-refractivity contribution in [3.8, 4) is 0 Å². The summed E-state index contributed by atoms with van der Waals surface area (Å²) in [5.41, 5.74) is 5.66. The van der Waals surface area contributed by atoms with E-state index in [1.54, 1.807) is 23.9 Å². The number of nitrogen functional groups attached to an aromatic ring is 1. The van der Waals surface area contributed by atoms with Crippen LogP contribution < -0.4 is 5.73 Å². The van der Waals surface area contributed by atoms with Gasteiger partial charge in [0.15, 0.2) is 0 Å². The van der Waals surface area contributed by atoms with Gasteiger partial charge in [-0.3, -0.25) is 4.79 Å². The van der Waals surface area contributed by atoms with Crippen molar-refractivity contribution >= 4 is 35.0 Å². The van der Waals surface area contributed by atoms with Crippen LogP contribution in [0.3, 0.4) is 0 Å². The van der Waals surface area contributed by atoms with Crippen molar-refractivity contribution in [3.63, 3.8) is 0 Å². The van der Waals surface area contributed by atoms with Gasteiger partial charge >= 0.3 is 5.97 Å². The number of methoxy groups -OCH3 is 1. The summed E-state index contributed by atoms with van der Waals surface area (Å²) in [6, 6.07) is 5.45. The minimum Gasteiger partial charge on any atom is -0.469 e. The van der Waals surface area contributed by atoms with Crippen molar-refractivity contribution in [1.29, 1.82) is 0 Å². The highest BCUT2D eigenvalue weighted by Gasteiger charge is 2.28. The summed E-state index contributed by atoms with van der Waals surface area (Å²) in [5, 5.41) is 0.533. The average Bonchev–Trinajstić information content (AvgIpc) is 2.29. The van der Waals surface area contributed by atoms with Gasteiger partial charge < -0.3 is 10.5 Å². The molecule has 0 aliphatic heterocycles. The molecule has 1 aromatic rings. The Bertz CT molecular complexity index is 421. The lowest BCUT2D eigenvalue weighted by molar-refractivity contribution is -0.149. The van der Waals surface area contributed by atoms with Gasteiger partial charge in [0.1, 0.15) is 0 Å². The first-order chi connectivity index (χ1) is 7.86. The van der Waals surface area contributed by atoms with Gasteiger partial charge in [-0.25, -0.2) is 0 Å². The number of halogens is 1. The van der Waals surface area contributed by atoms with Gasteiger partial charge in [-0.15, -0.1) is 11.8 Å². The molecule has 1 aromatic carbocycles. The standard InChI is InChI=1S/C12H16ClNO2S/c1-12(2,11(15)16-3)7-17-8-4-5-10(14)9(13)6-8/h4-6H,7,14H2,1-3H3. The summed E-state index contributed by atoms with van der Waals surface area (Å²) in [6.45, 7) is 3.70. The molecule has 2 N–H and O–H groups in total. The van der Waals surface area contributed by atoms with Crippen molar-refractivity contribution in [2.75, 3.05) is 18.6 Å². The number of thioether (sulfide) groups is 1. The smallest absolute Gasteiger partial charge is 0.312 e. The molecule has 3 nitrogen and oxygen atoms in total. The molecular weight excluding hydrogens is 258 g/mol. The fourth-order valence-electron chi connectivity index (χ4n) is 1.20. The quantitative estimate of drug-likeness (QED) is 0.520. The molecule has 0 saturated carbocycles. The fraction of sp³-hybridized carbons (Fsp3) is 0.417. The molecule has 0 aliphatic rings. The van der Waals surface area contributed by atoms with E-state index in [-0.39, 0.29) is 5.97 Å². The summed E-state index contributed by atoms with van der Waals surface area (Å²) >= 11 is 7.48. The predicted molar refractivity (Wildman–Crippen MR) is 72.4 cm³/mol. The number of hydrogen-bond donors (Lipinski definition) is 1. The lowest BCUT2D eigenvalue weighted by atomic mass is 9.97. The van der Waals surface area contributed by atoms with Crippen molar-refractivity contribution in [2.24, 2.45) is 5.41 Å². The molecule has 0 heterocycles. The van der Waals surface area contributed by atoms with Gasteiger partial charge in [0.05, 0.1) is 23.2 Å². The molecular formula is C12H16ClNO2S. The van der Waals surface area contributed by atoms with Crippen LogP contribution in [0.5, 0.6) is 0 Å². The van der Waals surface area contributed by atoms with Crippen LogP contribution in [0.4, 0.5) is 5.69 Å². The normalized spacial score (nSPS) is 11.3. The minimum absolute atomic E-state index is 0.216. The fourth-order valence-corrected chi connectivity index (χ4v) is 2.45. The number of nitrogens with two attached hydrogens (primary N) is 1. The summed E-state index contributed by atoms with van der Waals surface area (Å²) < 4.78 is 4.75. The zero-order valence-corrected chi connectivity index (χ0v) is 11.7. The number of carbonyl (C=O) groups excluding carboxylic acids is 1. The number of carbonyl (C=O) groups is 1. The van der Waals surface area contributed by atoms with E-state index in [1.165, 1.54) is 7.11 Å². The van der Waals surface area contributed by atoms with Gasteiger partial charge in [-0.05, 0) is 32.0 Å². The van der Waals surface area contributed by atoms with E-state index in [0.29, 0.717) is 16.5 Å². The number of benzene rings is 1. The van der Waals surface area contributed by atoms with Crippen LogP contribution in [0.25, 0.3) is 0 Å². The lowest BCUT2D eigenvalue weighted by Crippen LogP contribution is -2.28. The third-order valence-corrected chi connectivity index (χ3v) is 4.09. The Hall–Kier alpha value is -0.870.